The van der Waals surface area contributed by atoms with E-state index in [0.717, 1.165) is 5.56 Å². The summed E-state index contributed by atoms with van der Waals surface area (Å²) < 4.78 is 31.8. The van der Waals surface area contributed by atoms with Crippen LogP contribution in [0.15, 0.2) is 47.4 Å². The van der Waals surface area contributed by atoms with E-state index < -0.39 is 10.1 Å². The van der Waals surface area contributed by atoms with Crippen LogP contribution in [0.3, 0.4) is 0 Å². The zero-order chi connectivity index (χ0) is 14.8. The molecule has 2 aromatic rings. The van der Waals surface area contributed by atoms with Gasteiger partial charge in [0.05, 0.1) is 0 Å². The molecular weight excluding hydrogens is 276 g/mol. The van der Waals surface area contributed by atoms with E-state index in [1.54, 1.807) is 36.4 Å². The molecule has 0 radical (unpaired) electrons. The maximum atomic E-state index is 11.3. The number of rotatable bonds is 3. The first-order valence-electron chi connectivity index (χ1n) is 5.77. The summed E-state index contributed by atoms with van der Waals surface area (Å²) in [5.41, 5.74) is 13.2. The Bertz CT molecular complexity index is 768. The summed E-state index contributed by atoms with van der Waals surface area (Å²) in [6, 6.07) is 11.4. The molecule has 0 atom stereocenters. The van der Waals surface area contributed by atoms with E-state index >= 15 is 0 Å². The van der Waals surface area contributed by atoms with Crippen LogP contribution in [0.4, 0.5) is 11.4 Å². The topological polar surface area (TPSA) is 106 Å². The Kier molecular flexibility index (Phi) is 3.78. The van der Waals surface area contributed by atoms with E-state index in [4.69, 9.17) is 11.5 Å². The van der Waals surface area contributed by atoms with Crippen LogP contribution in [-0.2, 0) is 10.1 Å². The smallest absolute Gasteiger partial charge is 0.295 e. The van der Waals surface area contributed by atoms with Crippen molar-refractivity contribution >= 4 is 33.6 Å². The fourth-order valence-electron chi connectivity index (χ4n) is 1.76. The van der Waals surface area contributed by atoms with Gasteiger partial charge in [-0.15, -0.1) is 0 Å². The minimum atomic E-state index is -4.32. The molecule has 0 heterocycles. The quantitative estimate of drug-likeness (QED) is 0.456. The highest BCUT2D eigenvalue weighted by Gasteiger charge is 2.14. The van der Waals surface area contributed by atoms with Crippen molar-refractivity contribution in [1.29, 1.82) is 0 Å². The van der Waals surface area contributed by atoms with Crippen LogP contribution in [0.2, 0.25) is 0 Å². The van der Waals surface area contributed by atoms with E-state index in [9.17, 15) is 13.0 Å². The number of nitrogens with two attached hydrogens (primary N) is 2. The summed E-state index contributed by atoms with van der Waals surface area (Å²) in [5.74, 6) is 0. The molecule has 0 aliphatic carbocycles. The molecule has 6 heteroatoms. The Morgan fingerprint density at radius 3 is 2.30 bits per heavy atom. The first kappa shape index (κ1) is 14.1. The summed E-state index contributed by atoms with van der Waals surface area (Å²) in [5, 5.41) is 0. The maximum Gasteiger partial charge on any atom is 0.295 e. The van der Waals surface area contributed by atoms with Gasteiger partial charge in [0, 0.05) is 11.4 Å². The van der Waals surface area contributed by atoms with Gasteiger partial charge in [0.25, 0.3) is 10.1 Å². The first-order chi connectivity index (χ1) is 9.36. The molecule has 0 unspecified atom stereocenters. The Morgan fingerprint density at radius 2 is 1.65 bits per heavy atom. The molecule has 0 amide bonds. The van der Waals surface area contributed by atoms with Crippen LogP contribution >= 0.6 is 0 Å². The van der Waals surface area contributed by atoms with Crippen molar-refractivity contribution in [2.45, 2.75) is 4.90 Å². The van der Waals surface area contributed by atoms with E-state index in [1.807, 2.05) is 6.07 Å². The van der Waals surface area contributed by atoms with Crippen LogP contribution in [0, 0.1) is 0 Å². The highest BCUT2D eigenvalue weighted by atomic mass is 32.2. The zero-order valence-corrected chi connectivity index (χ0v) is 11.3. The van der Waals surface area contributed by atoms with Gasteiger partial charge in [-0.05, 0) is 35.4 Å². The van der Waals surface area contributed by atoms with Crippen molar-refractivity contribution in [2.75, 3.05) is 11.5 Å². The lowest BCUT2D eigenvalue weighted by Gasteiger charge is -2.04. The Morgan fingerprint density at radius 1 is 0.950 bits per heavy atom. The SMILES string of the molecule is Nc1cccc(C=Cc2ccc(N)cc2S(=O)(=O)O)c1. The normalized spacial score (nSPS) is 11.8. The summed E-state index contributed by atoms with van der Waals surface area (Å²) in [6.07, 6.45) is 3.29. The van der Waals surface area contributed by atoms with Gasteiger partial charge < -0.3 is 11.5 Å². The van der Waals surface area contributed by atoms with Gasteiger partial charge in [0.2, 0.25) is 0 Å². The lowest BCUT2D eigenvalue weighted by atomic mass is 10.1. The number of hydrogen-bond acceptors (Lipinski definition) is 4. The predicted molar refractivity (Wildman–Crippen MR) is 80.5 cm³/mol. The molecule has 0 spiro atoms. The monoisotopic (exact) mass is 290 g/mol. The first-order valence-corrected chi connectivity index (χ1v) is 7.21. The standard InChI is InChI=1S/C14H14N2O3S/c15-12-3-1-2-10(8-12)4-5-11-6-7-13(16)9-14(11)20(17,18)19/h1-9H,15-16H2,(H,17,18,19). The summed E-state index contributed by atoms with van der Waals surface area (Å²) in [7, 11) is -4.32. The summed E-state index contributed by atoms with van der Waals surface area (Å²) >= 11 is 0. The fourth-order valence-corrected chi connectivity index (χ4v) is 2.48. The van der Waals surface area contributed by atoms with E-state index in [1.165, 1.54) is 12.1 Å². The van der Waals surface area contributed by atoms with Crippen molar-refractivity contribution in [3.8, 4) is 0 Å². The van der Waals surface area contributed by atoms with Crippen molar-refractivity contribution in [3.63, 3.8) is 0 Å². The molecule has 5 N–H and O–H groups in total. The van der Waals surface area contributed by atoms with E-state index in [2.05, 4.69) is 0 Å². The third kappa shape index (κ3) is 3.37. The average Bonchev–Trinajstić information content (AvgIpc) is 2.36. The molecule has 5 nitrogen and oxygen atoms in total. The summed E-state index contributed by atoms with van der Waals surface area (Å²) in [4.78, 5) is -0.224. The lowest BCUT2D eigenvalue weighted by Crippen LogP contribution is -2.02. The summed E-state index contributed by atoms with van der Waals surface area (Å²) in [6.45, 7) is 0. The van der Waals surface area contributed by atoms with Gasteiger partial charge in [-0.25, -0.2) is 0 Å². The second-order valence-electron chi connectivity index (χ2n) is 4.28. The molecule has 0 aliphatic rings. The zero-order valence-electron chi connectivity index (χ0n) is 10.5. The van der Waals surface area contributed by atoms with Crippen LogP contribution in [0.1, 0.15) is 11.1 Å². The van der Waals surface area contributed by atoms with Crippen molar-refractivity contribution in [2.24, 2.45) is 0 Å². The Balaban J connectivity index is 2.44. The minimum absolute atomic E-state index is 0.224. The van der Waals surface area contributed by atoms with Gasteiger partial charge in [-0.1, -0.05) is 30.4 Å². The number of benzene rings is 2. The molecule has 2 rings (SSSR count). The van der Waals surface area contributed by atoms with Crippen LogP contribution < -0.4 is 11.5 Å². The number of anilines is 2. The van der Waals surface area contributed by atoms with Crippen LogP contribution in [0.5, 0.6) is 0 Å². The third-order valence-electron chi connectivity index (χ3n) is 2.68. The molecular formula is C14H14N2O3S. The highest BCUT2D eigenvalue weighted by Crippen LogP contribution is 2.21. The lowest BCUT2D eigenvalue weighted by molar-refractivity contribution is 0.483. The van der Waals surface area contributed by atoms with Gasteiger partial charge >= 0.3 is 0 Å². The molecule has 0 saturated carbocycles. The minimum Gasteiger partial charge on any atom is -0.399 e. The molecule has 0 aromatic heterocycles. The second-order valence-corrected chi connectivity index (χ2v) is 5.67. The number of nitrogen functional groups attached to an aromatic ring is 2. The van der Waals surface area contributed by atoms with E-state index in [0.29, 0.717) is 11.3 Å². The van der Waals surface area contributed by atoms with Crippen molar-refractivity contribution in [1.82, 2.24) is 0 Å². The van der Waals surface area contributed by atoms with Crippen LogP contribution in [-0.4, -0.2) is 13.0 Å². The largest absolute Gasteiger partial charge is 0.399 e. The van der Waals surface area contributed by atoms with Crippen LogP contribution in [0.25, 0.3) is 12.2 Å². The molecule has 2 aromatic carbocycles. The van der Waals surface area contributed by atoms with Gasteiger partial charge in [0.1, 0.15) is 4.90 Å². The molecule has 0 aliphatic heterocycles. The van der Waals surface area contributed by atoms with Gasteiger partial charge in [-0.3, -0.25) is 4.55 Å². The Labute approximate surface area is 117 Å². The molecule has 0 fully saturated rings. The fraction of sp³-hybridized carbons (Fsp3) is 0. The molecule has 0 bridgehead atoms. The maximum absolute atomic E-state index is 11.3. The Hall–Kier alpha value is -2.31. The second kappa shape index (κ2) is 5.36. The van der Waals surface area contributed by atoms with Gasteiger partial charge in [0.15, 0.2) is 0 Å². The molecule has 20 heavy (non-hydrogen) atoms. The van der Waals surface area contributed by atoms with E-state index in [-0.39, 0.29) is 10.6 Å². The van der Waals surface area contributed by atoms with Crippen molar-refractivity contribution < 1.29 is 13.0 Å². The molecule has 104 valence electrons. The predicted octanol–water partition coefficient (Wildman–Crippen LogP) is 2.27. The molecule has 0 saturated heterocycles. The van der Waals surface area contributed by atoms with Crippen molar-refractivity contribution in [3.05, 3.63) is 53.6 Å². The van der Waals surface area contributed by atoms with Gasteiger partial charge in [-0.2, -0.15) is 8.42 Å². The average molecular weight is 290 g/mol. The third-order valence-corrected chi connectivity index (χ3v) is 3.59. The number of hydrogen-bond donors (Lipinski definition) is 3. The highest BCUT2D eigenvalue weighted by molar-refractivity contribution is 7.86.